The number of hydrazone groups is 1. The number of amides is 2. The molecule has 9 heteroatoms. The predicted molar refractivity (Wildman–Crippen MR) is 131 cm³/mol. The fraction of sp³-hybridized carbons (Fsp3) is 0.385. The van der Waals surface area contributed by atoms with E-state index in [1.807, 2.05) is 44.2 Å². The smallest absolute Gasteiger partial charge is 0.243 e. The fourth-order valence-corrected chi connectivity index (χ4v) is 4.30. The van der Waals surface area contributed by atoms with Crippen molar-refractivity contribution in [3.63, 3.8) is 0 Å². The van der Waals surface area contributed by atoms with E-state index in [0.29, 0.717) is 11.1 Å². The third-order valence-corrected chi connectivity index (χ3v) is 6.08. The standard InChI is InChI=1S/C26H31F2N5O2/c1-16(2)21-10-9-18(11-22(21)28)25(17-7-5-4-6-8-17)31-26(35)23-12-19(27)15-33(23)24(34)13-20(32-29)14-30-3/h4-11,14,16,19,23,25H,12-13,15,29H2,1-3H3,(H,31,35)/p+1/b30-14?,32-20-/t19-,23+,25+/m1/s1. The normalized spacial score (nSPS) is 19.4. The summed E-state index contributed by atoms with van der Waals surface area (Å²) in [6.45, 7) is 3.62. The zero-order valence-electron chi connectivity index (χ0n) is 20.2. The van der Waals surface area contributed by atoms with Crippen LogP contribution in [0.5, 0.6) is 0 Å². The summed E-state index contributed by atoms with van der Waals surface area (Å²) in [6, 6.07) is 12.4. The lowest BCUT2D eigenvalue weighted by atomic mass is 9.94. The van der Waals surface area contributed by atoms with Crippen LogP contribution < -0.4 is 16.2 Å². The maximum absolute atomic E-state index is 14.8. The van der Waals surface area contributed by atoms with Crippen LogP contribution in [-0.2, 0) is 9.59 Å². The van der Waals surface area contributed by atoms with Crippen LogP contribution in [0.3, 0.4) is 0 Å². The summed E-state index contributed by atoms with van der Waals surface area (Å²) in [7, 11) is 1.64. The summed E-state index contributed by atoms with van der Waals surface area (Å²) < 4.78 is 29.2. The highest BCUT2D eigenvalue weighted by Crippen LogP contribution is 2.28. The van der Waals surface area contributed by atoms with Gasteiger partial charge in [0.1, 0.15) is 30.8 Å². The predicted octanol–water partition coefficient (Wildman–Crippen LogP) is 1.58. The van der Waals surface area contributed by atoms with Gasteiger partial charge in [-0.25, -0.2) is 13.8 Å². The van der Waals surface area contributed by atoms with Crippen LogP contribution >= 0.6 is 0 Å². The maximum Gasteiger partial charge on any atom is 0.243 e. The largest absolute Gasteiger partial charge is 0.343 e. The van der Waals surface area contributed by atoms with Gasteiger partial charge in [0, 0.05) is 6.42 Å². The first-order valence-electron chi connectivity index (χ1n) is 11.6. The number of rotatable bonds is 8. The molecule has 0 saturated carbocycles. The number of nitrogens with two attached hydrogens (primary N) is 1. The minimum absolute atomic E-state index is 0.00969. The Morgan fingerprint density at radius 3 is 2.54 bits per heavy atom. The second-order valence-corrected chi connectivity index (χ2v) is 8.91. The van der Waals surface area contributed by atoms with Crippen molar-refractivity contribution in [2.24, 2.45) is 10.9 Å². The molecule has 186 valence electrons. The molecule has 2 aromatic carbocycles. The average molecular weight is 485 g/mol. The Balaban J connectivity index is 1.87. The second-order valence-electron chi connectivity index (χ2n) is 8.91. The van der Waals surface area contributed by atoms with Crippen molar-refractivity contribution in [1.29, 1.82) is 0 Å². The molecule has 1 aliphatic rings. The maximum atomic E-state index is 14.8. The van der Waals surface area contributed by atoms with Crippen molar-refractivity contribution < 1.29 is 23.4 Å². The third kappa shape index (κ3) is 6.29. The van der Waals surface area contributed by atoms with E-state index in [-0.39, 0.29) is 36.8 Å². The van der Waals surface area contributed by atoms with Gasteiger partial charge >= 0.3 is 0 Å². The number of carbonyl (C=O) groups is 2. The van der Waals surface area contributed by atoms with Gasteiger partial charge in [0.25, 0.3) is 0 Å². The van der Waals surface area contributed by atoms with E-state index >= 15 is 0 Å². The SMILES string of the molecule is C[NH+]=C/C(CC(=O)N1C[C@H](F)C[C@H]1C(=O)N[C@@H](c1ccccc1)c1ccc(C(C)C)c(F)c1)=N\N. The first kappa shape index (κ1) is 26.0. The van der Waals surface area contributed by atoms with E-state index in [2.05, 4.69) is 15.4 Å². The molecule has 0 spiro atoms. The highest BCUT2D eigenvalue weighted by Gasteiger charge is 2.40. The first-order chi connectivity index (χ1) is 16.7. The van der Waals surface area contributed by atoms with E-state index in [4.69, 9.17) is 5.84 Å². The van der Waals surface area contributed by atoms with E-state index in [1.54, 1.807) is 19.2 Å². The van der Waals surface area contributed by atoms with Crippen LogP contribution in [-0.4, -0.2) is 54.4 Å². The molecule has 1 fully saturated rings. The molecule has 0 aromatic heterocycles. The number of nitrogens with one attached hydrogen (secondary N) is 2. The van der Waals surface area contributed by atoms with Gasteiger partial charge in [-0.1, -0.05) is 56.3 Å². The van der Waals surface area contributed by atoms with Gasteiger partial charge in [-0.15, -0.1) is 0 Å². The third-order valence-electron chi connectivity index (χ3n) is 6.08. The van der Waals surface area contributed by atoms with Crippen molar-refractivity contribution in [1.82, 2.24) is 10.2 Å². The first-order valence-corrected chi connectivity index (χ1v) is 11.6. The van der Waals surface area contributed by atoms with Gasteiger partial charge in [0.15, 0.2) is 6.21 Å². The Labute approximate surface area is 204 Å². The molecule has 3 rings (SSSR count). The van der Waals surface area contributed by atoms with Crippen molar-refractivity contribution in [2.45, 2.75) is 50.9 Å². The molecule has 2 aromatic rings. The van der Waals surface area contributed by atoms with Gasteiger partial charge in [0.05, 0.1) is 19.0 Å². The van der Waals surface area contributed by atoms with Crippen LogP contribution in [0.15, 0.2) is 53.6 Å². The van der Waals surface area contributed by atoms with Crippen LogP contribution in [0.1, 0.15) is 55.3 Å². The van der Waals surface area contributed by atoms with Gasteiger partial charge in [-0.05, 0) is 28.7 Å². The Morgan fingerprint density at radius 1 is 1.23 bits per heavy atom. The Hall–Kier alpha value is -3.62. The minimum atomic E-state index is -1.33. The van der Waals surface area contributed by atoms with Crippen LogP contribution in [0.4, 0.5) is 8.78 Å². The second kappa shape index (κ2) is 11.7. The molecule has 0 bridgehead atoms. The van der Waals surface area contributed by atoms with Crippen molar-refractivity contribution in [2.75, 3.05) is 13.6 Å². The Bertz CT molecular complexity index is 1100. The molecule has 35 heavy (non-hydrogen) atoms. The average Bonchev–Trinajstić information content (AvgIpc) is 3.24. The lowest BCUT2D eigenvalue weighted by Gasteiger charge is -2.27. The van der Waals surface area contributed by atoms with E-state index < -0.39 is 30.1 Å². The van der Waals surface area contributed by atoms with Crippen LogP contribution in [0.2, 0.25) is 0 Å². The molecule has 1 saturated heterocycles. The number of halogens is 2. The van der Waals surface area contributed by atoms with Crippen LogP contribution in [0, 0.1) is 5.82 Å². The number of benzene rings is 2. The van der Waals surface area contributed by atoms with Crippen molar-refractivity contribution in [3.8, 4) is 0 Å². The van der Waals surface area contributed by atoms with E-state index in [9.17, 15) is 18.4 Å². The quantitative estimate of drug-likeness (QED) is 0.301. The molecular formula is C26H32F2N5O2+. The Morgan fingerprint density at radius 2 is 1.94 bits per heavy atom. The Kier molecular flexibility index (Phi) is 8.68. The summed E-state index contributed by atoms with van der Waals surface area (Å²) >= 11 is 0. The zero-order chi connectivity index (χ0) is 25.5. The summed E-state index contributed by atoms with van der Waals surface area (Å²) in [4.78, 5) is 30.2. The highest BCUT2D eigenvalue weighted by atomic mass is 19.1. The van der Waals surface area contributed by atoms with Crippen LogP contribution in [0.25, 0.3) is 0 Å². The summed E-state index contributed by atoms with van der Waals surface area (Å²) in [6.07, 6.45) is -0.154. The van der Waals surface area contributed by atoms with E-state index in [0.717, 1.165) is 5.56 Å². The summed E-state index contributed by atoms with van der Waals surface area (Å²) in [5, 5.41) is 6.48. The van der Waals surface area contributed by atoms with Gasteiger partial charge in [-0.2, -0.15) is 5.10 Å². The number of hydrogen-bond donors (Lipinski definition) is 3. The number of hydrogen-bond acceptors (Lipinski definition) is 4. The molecule has 1 heterocycles. The molecule has 7 nitrogen and oxygen atoms in total. The fourth-order valence-electron chi connectivity index (χ4n) is 4.30. The molecule has 2 amide bonds. The number of likely N-dealkylation sites (tertiary alicyclic amines) is 1. The summed E-state index contributed by atoms with van der Waals surface area (Å²) in [5.74, 6) is 4.01. The van der Waals surface area contributed by atoms with Gasteiger partial charge in [-0.3, -0.25) is 9.59 Å². The lowest BCUT2D eigenvalue weighted by molar-refractivity contribution is -0.412. The zero-order valence-corrected chi connectivity index (χ0v) is 20.2. The summed E-state index contributed by atoms with van der Waals surface area (Å²) in [5.41, 5.74) is 2.16. The van der Waals surface area contributed by atoms with Crippen molar-refractivity contribution in [3.05, 3.63) is 71.0 Å². The number of nitrogens with zero attached hydrogens (tertiary/aromatic N) is 2. The highest BCUT2D eigenvalue weighted by molar-refractivity contribution is 6.32. The monoisotopic (exact) mass is 484 g/mol. The molecule has 3 atom stereocenters. The molecule has 4 N–H and O–H groups in total. The molecule has 1 aliphatic heterocycles. The molecule has 0 aliphatic carbocycles. The lowest BCUT2D eigenvalue weighted by Crippen LogP contribution is -2.64. The topological polar surface area (TPSA) is 102 Å². The van der Waals surface area contributed by atoms with Crippen molar-refractivity contribution >= 4 is 23.7 Å². The molecular weight excluding hydrogens is 452 g/mol. The minimum Gasteiger partial charge on any atom is -0.343 e. The van der Waals surface area contributed by atoms with Gasteiger partial charge < -0.3 is 16.1 Å². The number of alkyl halides is 1. The number of carbonyl (C=O) groups excluding carboxylic acids is 2. The molecule has 0 unspecified atom stereocenters. The van der Waals surface area contributed by atoms with E-state index in [1.165, 1.54) is 17.2 Å². The molecule has 0 radical (unpaired) electrons. The van der Waals surface area contributed by atoms with Gasteiger partial charge in [0.2, 0.25) is 11.8 Å².